The zero-order valence-corrected chi connectivity index (χ0v) is 14.4. The molecule has 2 amide bonds. The number of rotatable bonds is 8. The van der Waals surface area contributed by atoms with E-state index in [-0.39, 0.29) is 24.1 Å². The smallest absolute Gasteiger partial charge is 0.221 e. The highest BCUT2D eigenvalue weighted by molar-refractivity contribution is 5.78. The molecule has 0 aromatic heterocycles. The van der Waals surface area contributed by atoms with E-state index >= 15 is 0 Å². The van der Waals surface area contributed by atoms with Crippen LogP contribution in [0.3, 0.4) is 0 Å². The van der Waals surface area contributed by atoms with Crippen molar-refractivity contribution in [2.45, 2.75) is 26.3 Å². The van der Waals surface area contributed by atoms with Crippen LogP contribution < -0.4 is 5.32 Å². The van der Waals surface area contributed by atoms with Gasteiger partial charge in [-0.2, -0.15) is 0 Å². The summed E-state index contributed by atoms with van der Waals surface area (Å²) < 4.78 is 12.9. The second kappa shape index (κ2) is 9.57. The highest BCUT2D eigenvalue weighted by Crippen LogP contribution is 2.07. The van der Waals surface area contributed by atoms with Crippen LogP contribution in [0.15, 0.2) is 54.6 Å². The average molecular weight is 342 g/mol. The summed E-state index contributed by atoms with van der Waals surface area (Å²) in [6.07, 6.45) is 1.02. The van der Waals surface area contributed by atoms with E-state index in [4.69, 9.17) is 0 Å². The van der Waals surface area contributed by atoms with E-state index in [1.807, 2.05) is 30.3 Å². The summed E-state index contributed by atoms with van der Waals surface area (Å²) in [4.78, 5) is 25.3. The van der Waals surface area contributed by atoms with Gasteiger partial charge < -0.3 is 10.2 Å². The molecule has 5 heteroatoms. The molecule has 0 unspecified atom stereocenters. The Hall–Kier alpha value is -2.69. The van der Waals surface area contributed by atoms with Gasteiger partial charge in [-0.3, -0.25) is 9.59 Å². The number of carbonyl (C=O) groups is 2. The van der Waals surface area contributed by atoms with E-state index in [1.165, 1.54) is 24.6 Å². The van der Waals surface area contributed by atoms with Crippen molar-refractivity contribution < 1.29 is 14.0 Å². The minimum absolute atomic E-state index is 0.0821. The van der Waals surface area contributed by atoms with Gasteiger partial charge in [-0.25, -0.2) is 4.39 Å². The molecule has 25 heavy (non-hydrogen) atoms. The van der Waals surface area contributed by atoms with E-state index in [2.05, 4.69) is 5.32 Å². The molecule has 0 aliphatic heterocycles. The summed E-state index contributed by atoms with van der Waals surface area (Å²) in [5.74, 6) is -0.501. The minimum Gasteiger partial charge on any atom is -0.356 e. The van der Waals surface area contributed by atoms with Crippen molar-refractivity contribution >= 4 is 11.8 Å². The van der Waals surface area contributed by atoms with E-state index in [0.29, 0.717) is 19.6 Å². The standard InChI is InChI=1S/C20H23FN2O2/c1-16(24)23(15-18-7-9-19(21)10-8-18)14-12-20(25)22-13-11-17-5-3-2-4-6-17/h2-10H,11-15H2,1H3,(H,22,25). The molecule has 0 fully saturated rings. The first-order valence-corrected chi connectivity index (χ1v) is 8.35. The van der Waals surface area contributed by atoms with Crippen LogP contribution in [0.5, 0.6) is 0 Å². The summed E-state index contributed by atoms with van der Waals surface area (Å²) in [5, 5.41) is 2.87. The van der Waals surface area contributed by atoms with Crippen LogP contribution in [0.1, 0.15) is 24.5 Å². The van der Waals surface area contributed by atoms with Crippen LogP contribution >= 0.6 is 0 Å². The predicted molar refractivity (Wildman–Crippen MR) is 95.3 cm³/mol. The maximum absolute atomic E-state index is 12.9. The van der Waals surface area contributed by atoms with Crippen molar-refractivity contribution in [3.05, 3.63) is 71.5 Å². The molecule has 0 saturated carbocycles. The molecular weight excluding hydrogens is 319 g/mol. The number of amides is 2. The van der Waals surface area contributed by atoms with Crippen molar-refractivity contribution in [1.29, 1.82) is 0 Å². The van der Waals surface area contributed by atoms with Gasteiger partial charge in [0.25, 0.3) is 0 Å². The Kier molecular flexibility index (Phi) is 7.14. The lowest BCUT2D eigenvalue weighted by atomic mass is 10.1. The van der Waals surface area contributed by atoms with Gasteiger partial charge in [0.1, 0.15) is 5.82 Å². The normalized spacial score (nSPS) is 10.3. The summed E-state index contributed by atoms with van der Waals surface area (Å²) in [7, 11) is 0. The maximum atomic E-state index is 12.9. The van der Waals surface area contributed by atoms with Gasteiger partial charge in [-0.1, -0.05) is 42.5 Å². The third kappa shape index (κ3) is 6.75. The first kappa shape index (κ1) is 18.6. The maximum Gasteiger partial charge on any atom is 0.221 e. The number of hydrogen-bond donors (Lipinski definition) is 1. The molecule has 2 rings (SSSR count). The molecule has 0 aliphatic rings. The van der Waals surface area contributed by atoms with Crippen molar-refractivity contribution in [3.63, 3.8) is 0 Å². The predicted octanol–water partition coefficient (Wildman–Crippen LogP) is 2.92. The largest absolute Gasteiger partial charge is 0.356 e. The molecule has 0 aliphatic carbocycles. The Morgan fingerprint density at radius 1 is 1.00 bits per heavy atom. The lowest BCUT2D eigenvalue weighted by Crippen LogP contribution is -2.34. The summed E-state index contributed by atoms with van der Waals surface area (Å²) in [6.45, 7) is 2.74. The molecule has 2 aromatic carbocycles. The van der Waals surface area contributed by atoms with Crippen molar-refractivity contribution in [2.24, 2.45) is 0 Å². The Morgan fingerprint density at radius 3 is 2.32 bits per heavy atom. The Labute approximate surface area is 147 Å². The van der Waals surface area contributed by atoms with Gasteiger partial charge in [0.05, 0.1) is 0 Å². The van der Waals surface area contributed by atoms with E-state index < -0.39 is 0 Å². The van der Waals surface area contributed by atoms with Gasteiger partial charge >= 0.3 is 0 Å². The Balaban J connectivity index is 1.75. The third-order valence-corrected chi connectivity index (χ3v) is 3.92. The van der Waals surface area contributed by atoms with Gasteiger partial charge in [0.2, 0.25) is 11.8 Å². The highest BCUT2D eigenvalue weighted by atomic mass is 19.1. The van der Waals surface area contributed by atoms with Gasteiger partial charge in [0.15, 0.2) is 0 Å². The number of nitrogens with one attached hydrogen (secondary N) is 1. The molecule has 1 N–H and O–H groups in total. The van der Waals surface area contributed by atoms with E-state index in [0.717, 1.165) is 12.0 Å². The second-order valence-corrected chi connectivity index (χ2v) is 5.90. The number of hydrogen-bond acceptors (Lipinski definition) is 2. The molecule has 4 nitrogen and oxygen atoms in total. The first-order valence-electron chi connectivity index (χ1n) is 8.35. The lowest BCUT2D eigenvalue weighted by molar-refractivity contribution is -0.130. The van der Waals surface area contributed by atoms with Gasteiger partial charge in [-0.05, 0) is 29.7 Å². The molecule has 0 radical (unpaired) electrons. The molecule has 0 heterocycles. The van der Waals surface area contributed by atoms with Gasteiger partial charge in [0, 0.05) is 33.0 Å². The van der Waals surface area contributed by atoms with E-state index in [1.54, 1.807) is 17.0 Å². The molecule has 0 saturated heterocycles. The number of halogens is 1. The number of benzene rings is 2. The molecule has 0 bridgehead atoms. The first-order chi connectivity index (χ1) is 12.0. The van der Waals surface area contributed by atoms with Crippen molar-refractivity contribution in [2.75, 3.05) is 13.1 Å². The average Bonchev–Trinajstić information content (AvgIpc) is 2.61. The summed E-state index contributed by atoms with van der Waals surface area (Å²) >= 11 is 0. The van der Waals surface area contributed by atoms with Crippen LogP contribution in [0.2, 0.25) is 0 Å². The fourth-order valence-corrected chi connectivity index (χ4v) is 2.47. The lowest BCUT2D eigenvalue weighted by Gasteiger charge is -2.21. The Bertz CT molecular complexity index is 687. The summed E-state index contributed by atoms with van der Waals surface area (Å²) in [6, 6.07) is 16.0. The van der Waals surface area contributed by atoms with Crippen LogP contribution in [0, 0.1) is 5.82 Å². The van der Waals surface area contributed by atoms with Gasteiger partial charge in [-0.15, -0.1) is 0 Å². The second-order valence-electron chi connectivity index (χ2n) is 5.90. The quantitative estimate of drug-likeness (QED) is 0.802. The molecule has 0 atom stereocenters. The van der Waals surface area contributed by atoms with Crippen LogP contribution in [0.25, 0.3) is 0 Å². The highest BCUT2D eigenvalue weighted by Gasteiger charge is 2.12. The van der Waals surface area contributed by atoms with E-state index in [9.17, 15) is 14.0 Å². The molecule has 2 aromatic rings. The Morgan fingerprint density at radius 2 is 1.68 bits per heavy atom. The zero-order chi connectivity index (χ0) is 18.1. The van der Waals surface area contributed by atoms with Crippen LogP contribution in [-0.4, -0.2) is 29.8 Å². The number of nitrogens with zero attached hydrogens (tertiary/aromatic N) is 1. The zero-order valence-electron chi connectivity index (χ0n) is 14.4. The third-order valence-electron chi connectivity index (χ3n) is 3.92. The number of carbonyl (C=O) groups excluding carboxylic acids is 2. The molecule has 132 valence electrons. The fraction of sp³-hybridized carbons (Fsp3) is 0.300. The SMILES string of the molecule is CC(=O)N(CCC(=O)NCCc1ccccc1)Cc1ccc(F)cc1. The van der Waals surface area contributed by atoms with Crippen LogP contribution in [0.4, 0.5) is 4.39 Å². The topological polar surface area (TPSA) is 49.4 Å². The van der Waals surface area contributed by atoms with Crippen LogP contribution in [-0.2, 0) is 22.6 Å². The monoisotopic (exact) mass is 342 g/mol. The molecular formula is C20H23FN2O2. The summed E-state index contributed by atoms with van der Waals surface area (Å²) in [5.41, 5.74) is 2.01. The molecule has 0 spiro atoms. The minimum atomic E-state index is -0.309. The fourth-order valence-electron chi connectivity index (χ4n) is 2.47. The van der Waals surface area contributed by atoms with Crippen molar-refractivity contribution in [3.8, 4) is 0 Å². The van der Waals surface area contributed by atoms with Crippen molar-refractivity contribution in [1.82, 2.24) is 10.2 Å².